The molecule has 1 aromatic rings. The van der Waals surface area contributed by atoms with Gasteiger partial charge in [0.1, 0.15) is 11.6 Å². The summed E-state index contributed by atoms with van der Waals surface area (Å²) in [5.74, 6) is 0.422. The monoisotopic (exact) mass is 489 g/mol. The zero-order valence-electron chi connectivity index (χ0n) is 22.5. The van der Waals surface area contributed by atoms with Crippen molar-refractivity contribution < 1.29 is 23.6 Å². The van der Waals surface area contributed by atoms with Crippen LogP contribution in [0.4, 0.5) is 10.7 Å². The van der Waals surface area contributed by atoms with Crippen molar-refractivity contribution >= 4 is 30.5 Å². The van der Waals surface area contributed by atoms with Crippen molar-refractivity contribution in [2.75, 3.05) is 31.1 Å². The molecule has 194 valence electrons. The Balaban J connectivity index is 1.57. The highest BCUT2D eigenvalue weighted by Gasteiger charge is 2.52. The van der Waals surface area contributed by atoms with Crippen LogP contribution in [-0.4, -0.2) is 83.0 Å². The Morgan fingerprint density at radius 2 is 1.54 bits per heavy atom. The Morgan fingerprint density at radius 1 is 1.03 bits per heavy atom. The van der Waals surface area contributed by atoms with E-state index in [2.05, 4.69) is 15.3 Å². The fourth-order valence-electron chi connectivity index (χ4n) is 3.87. The Morgan fingerprint density at radius 3 is 2.00 bits per heavy atom. The molecule has 2 aliphatic rings. The number of nitrogens with zero attached hydrogens (tertiary/aromatic N) is 4. The largest absolute Gasteiger partial charge is 0.498 e. The van der Waals surface area contributed by atoms with Crippen molar-refractivity contribution in [2.45, 2.75) is 85.2 Å². The van der Waals surface area contributed by atoms with Gasteiger partial charge in [-0.1, -0.05) is 13.8 Å². The molecular formula is C24H40BN5O5. The number of nitrogens with one attached hydrogen (secondary N) is 1. The summed E-state index contributed by atoms with van der Waals surface area (Å²) in [6, 6.07) is -0.646. The number of anilines is 1. The SMILES string of the molecule is CC(C)C(NC(=O)OC(C)(C)C)C(=O)N1CCN(c2ncc(B3OC(C)(C)C(C)(C)O3)cn2)CC1. The van der Waals surface area contributed by atoms with Gasteiger partial charge in [-0.3, -0.25) is 4.79 Å². The first-order valence-electron chi connectivity index (χ1n) is 12.3. The molecule has 1 N–H and O–H groups in total. The summed E-state index contributed by atoms with van der Waals surface area (Å²) < 4.78 is 17.5. The first kappa shape index (κ1) is 27.2. The molecule has 11 heteroatoms. The molecular weight excluding hydrogens is 449 g/mol. The van der Waals surface area contributed by atoms with E-state index in [1.807, 2.05) is 46.4 Å². The third kappa shape index (κ3) is 6.44. The molecule has 35 heavy (non-hydrogen) atoms. The number of alkyl carbamates (subject to hydrolysis) is 1. The van der Waals surface area contributed by atoms with Gasteiger partial charge in [-0.2, -0.15) is 0 Å². The maximum absolute atomic E-state index is 13.2. The second kappa shape index (κ2) is 9.93. The van der Waals surface area contributed by atoms with Gasteiger partial charge in [0.15, 0.2) is 0 Å². The van der Waals surface area contributed by atoms with Gasteiger partial charge in [0, 0.05) is 44.0 Å². The summed E-state index contributed by atoms with van der Waals surface area (Å²) >= 11 is 0. The minimum absolute atomic E-state index is 0.0705. The number of piperazine rings is 1. The third-order valence-electron chi connectivity index (χ3n) is 6.66. The maximum Gasteiger partial charge on any atom is 0.498 e. The van der Waals surface area contributed by atoms with E-state index >= 15 is 0 Å². The summed E-state index contributed by atoms with van der Waals surface area (Å²) in [5.41, 5.74) is -0.705. The van der Waals surface area contributed by atoms with Crippen molar-refractivity contribution in [3.63, 3.8) is 0 Å². The molecule has 0 bridgehead atoms. The lowest BCUT2D eigenvalue weighted by atomic mass is 9.81. The highest BCUT2D eigenvalue weighted by Crippen LogP contribution is 2.36. The topological polar surface area (TPSA) is 106 Å². The number of amides is 2. The Bertz CT molecular complexity index is 892. The molecule has 2 aliphatic heterocycles. The lowest BCUT2D eigenvalue weighted by Crippen LogP contribution is -2.57. The number of carbonyl (C=O) groups excluding carboxylic acids is 2. The molecule has 3 heterocycles. The fourth-order valence-corrected chi connectivity index (χ4v) is 3.87. The average molecular weight is 489 g/mol. The van der Waals surface area contributed by atoms with Crippen LogP contribution in [0.5, 0.6) is 0 Å². The molecule has 0 saturated carbocycles. The smallest absolute Gasteiger partial charge is 0.444 e. The summed E-state index contributed by atoms with van der Waals surface area (Å²) in [4.78, 5) is 38.3. The van der Waals surface area contributed by atoms with Crippen LogP contribution in [0.2, 0.25) is 0 Å². The first-order valence-corrected chi connectivity index (χ1v) is 12.3. The van der Waals surface area contributed by atoms with Crippen molar-refractivity contribution in [1.82, 2.24) is 20.2 Å². The zero-order valence-corrected chi connectivity index (χ0v) is 22.5. The molecule has 10 nitrogen and oxygen atoms in total. The number of carbonyl (C=O) groups is 2. The van der Waals surface area contributed by atoms with Gasteiger partial charge < -0.3 is 29.2 Å². The highest BCUT2D eigenvalue weighted by atomic mass is 16.7. The van der Waals surface area contributed by atoms with Crippen molar-refractivity contribution in [2.24, 2.45) is 5.92 Å². The van der Waals surface area contributed by atoms with E-state index in [4.69, 9.17) is 14.0 Å². The summed E-state index contributed by atoms with van der Waals surface area (Å²) in [6.45, 7) is 19.5. The number of aromatic nitrogens is 2. The van der Waals surface area contributed by atoms with Crippen LogP contribution in [-0.2, 0) is 18.8 Å². The van der Waals surface area contributed by atoms with Crippen LogP contribution in [0, 0.1) is 5.92 Å². The van der Waals surface area contributed by atoms with E-state index in [9.17, 15) is 9.59 Å². The predicted molar refractivity (Wildman–Crippen MR) is 135 cm³/mol. The van der Waals surface area contributed by atoms with E-state index in [-0.39, 0.29) is 11.8 Å². The van der Waals surface area contributed by atoms with E-state index in [0.717, 1.165) is 5.46 Å². The minimum Gasteiger partial charge on any atom is -0.444 e. The summed E-state index contributed by atoms with van der Waals surface area (Å²) in [7, 11) is -0.506. The number of ether oxygens (including phenoxy) is 1. The van der Waals surface area contributed by atoms with Crippen molar-refractivity contribution in [1.29, 1.82) is 0 Å². The summed E-state index contributed by atoms with van der Waals surface area (Å²) in [6.07, 6.45) is 2.89. The van der Waals surface area contributed by atoms with Crippen LogP contribution >= 0.6 is 0 Å². The maximum atomic E-state index is 13.2. The van der Waals surface area contributed by atoms with Gasteiger partial charge in [-0.05, 0) is 54.4 Å². The molecule has 1 unspecified atom stereocenters. The second-order valence-electron chi connectivity index (χ2n) is 11.6. The number of rotatable bonds is 5. The highest BCUT2D eigenvalue weighted by molar-refractivity contribution is 6.61. The Hall–Kier alpha value is -2.40. The number of hydrogen-bond acceptors (Lipinski definition) is 8. The predicted octanol–water partition coefficient (Wildman–Crippen LogP) is 1.97. The molecule has 1 atom stereocenters. The van der Waals surface area contributed by atoms with Crippen LogP contribution in [0.3, 0.4) is 0 Å². The standard InChI is InChI=1S/C24H40BN5O5/c1-16(2)18(28-21(32)33-22(3,4)5)19(31)29-10-12-30(13-11-29)20-26-14-17(15-27-20)25-34-23(6,7)24(8,9)35-25/h14-16,18H,10-13H2,1-9H3,(H,28,32). The van der Waals surface area contributed by atoms with E-state index in [1.54, 1.807) is 38.1 Å². The van der Waals surface area contributed by atoms with E-state index in [0.29, 0.717) is 32.1 Å². The molecule has 0 spiro atoms. The van der Waals surface area contributed by atoms with Crippen molar-refractivity contribution in [3.8, 4) is 0 Å². The van der Waals surface area contributed by atoms with Crippen LogP contribution < -0.4 is 15.7 Å². The van der Waals surface area contributed by atoms with Gasteiger partial charge in [-0.25, -0.2) is 14.8 Å². The van der Waals surface area contributed by atoms with E-state index in [1.165, 1.54) is 0 Å². The quantitative estimate of drug-likeness (QED) is 0.626. The molecule has 0 aliphatic carbocycles. The molecule has 2 saturated heterocycles. The molecule has 3 rings (SSSR count). The third-order valence-corrected chi connectivity index (χ3v) is 6.66. The lowest BCUT2D eigenvalue weighted by molar-refractivity contribution is -0.134. The molecule has 0 aromatic carbocycles. The van der Waals surface area contributed by atoms with Gasteiger partial charge in [0.25, 0.3) is 0 Å². The molecule has 2 amide bonds. The van der Waals surface area contributed by atoms with Gasteiger partial charge >= 0.3 is 13.2 Å². The van der Waals surface area contributed by atoms with Crippen LogP contribution in [0.15, 0.2) is 12.4 Å². The van der Waals surface area contributed by atoms with E-state index < -0.39 is 36.1 Å². The molecule has 2 fully saturated rings. The zero-order chi connectivity index (χ0) is 26.2. The molecule has 0 radical (unpaired) electrons. The Kier molecular flexibility index (Phi) is 7.71. The minimum atomic E-state index is -0.646. The van der Waals surface area contributed by atoms with Crippen LogP contribution in [0.1, 0.15) is 62.3 Å². The first-order chi connectivity index (χ1) is 16.1. The Labute approximate surface area is 209 Å². The molecule has 1 aromatic heterocycles. The summed E-state index contributed by atoms with van der Waals surface area (Å²) in [5, 5.41) is 2.74. The lowest BCUT2D eigenvalue weighted by Gasteiger charge is -2.37. The van der Waals surface area contributed by atoms with Gasteiger partial charge in [-0.15, -0.1) is 0 Å². The van der Waals surface area contributed by atoms with Crippen molar-refractivity contribution in [3.05, 3.63) is 12.4 Å². The fraction of sp³-hybridized carbons (Fsp3) is 0.750. The van der Waals surface area contributed by atoms with Gasteiger partial charge in [0.2, 0.25) is 11.9 Å². The normalized spacial score (nSPS) is 20.7. The van der Waals surface area contributed by atoms with Crippen LogP contribution in [0.25, 0.3) is 0 Å². The number of hydrogen-bond donors (Lipinski definition) is 1. The average Bonchev–Trinajstić information content (AvgIpc) is 2.97. The van der Waals surface area contributed by atoms with Gasteiger partial charge in [0.05, 0.1) is 11.2 Å². The second-order valence-corrected chi connectivity index (χ2v) is 11.6.